The molecule has 0 saturated carbocycles. The number of carbonyl (C=O) groups excluding carboxylic acids is 2. The minimum Gasteiger partial charge on any atom is -0.497 e. The van der Waals surface area contributed by atoms with Crippen molar-refractivity contribution in [2.45, 2.75) is 0 Å². The molecule has 0 radical (unpaired) electrons. The molecule has 3 rings (SSSR count). The molecule has 0 aliphatic rings. The van der Waals surface area contributed by atoms with Gasteiger partial charge in [0.2, 0.25) is 5.91 Å². The number of hydrogen-bond acceptors (Lipinski definition) is 4. The zero-order chi connectivity index (χ0) is 19.6. The number of ether oxygens (including phenoxy) is 1. The predicted molar refractivity (Wildman–Crippen MR) is 105 cm³/mol. The van der Waals surface area contributed by atoms with Gasteiger partial charge in [0, 0.05) is 22.8 Å². The molecule has 1 N–H and O–H groups in total. The van der Waals surface area contributed by atoms with Crippen LogP contribution in [-0.2, 0) is 4.79 Å². The molecule has 140 valence electrons. The number of hydrogen-bond donors (Lipinski definition) is 1. The third kappa shape index (κ3) is 4.20. The summed E-state index contributed by atoms with van der Waals surface area (Å²) in [6, 6.07) is 11.0. The fourth-order valence-electron chi connectivity index (χ4n) is 2.51. The van der Waals surface area contributed by atoms with E-state index in [1.807, 2.05) is 0 Å². The average molecular weight is 407 g/mol. The van der Waals surface area contributed by atoms with Gasteiger partial charge in [-0.15, -0.1) is 11.3 Å². The average Bonchev–Trinajstić information content (AvgIpc) is 2.97. The Morgan fingerprint density at radius 2 is 1.93 bits per heavy atom. The molecule has 2 amide bonds. The van der Waals surface area contributed by atoms with E-state index in [1.54, 1.807) is 31.4 Å². The van der Waals surface area contributed by atoms with Crippen LogP contribution in [0.25, 0.3) is 10.1 Å². The summed E-state index contributed by atoms with van der Waals surface area (Å²) in [7, 11) is 3.07. The largest absolute Gasteiger partial charge is 0.497 e. The number of nitrogens with one attached hydrogen (secondary N) is 1. The van der Waals surface area contributed by atoms with Crippen LogP contribution in [0.5, 0.6) is 5.75 Å². The molecular formula is C19H16ClFN2O3S. The summed E-state index contributed by atoms with van der Waals surface area (Å²) < 4.78 is 19.0. The monoisotopic (exact) mass is 406 g/mol. The normalized spacial score (nSPS) is 10.7. The zero-order valence-corrected chi connectivity index (χ0v) is 16.2. The maximum absolute atomic E-state index is 13.4. The first-order chi connectivity index (χ1) is 12.9. The number of benzene rings is 2. The topological polar surface area (TPSA) is 58.6 Å². The van der Waals surface area contributed by atoms with E-state index in [0.717, 1.165) is 11.3 Å². The van der Waals surface area contributed by atoms with Gasteiger partial charge in [-0.1, -0.05) is 11.6 Å². The van der Waals surface area contributed by atoms with E-state index in [4.69, 9.17) is 16.3 Å². The summed E-state index contributed by atoms with van der Waals surface area (Å²) in [6.07, 6.45) is 0. The van der Waals surface area contributed by atoms with Crippen molar-refractivity contribution in [3.63, 3.8) is 0 Å². The summed E-state index contributed by atoms with van der Waals surface area (Å²) in [4.78, 5) is 26.4. The first kappa shape index (κ1) is 19.1. The lowest BCUT2D eigenvalue weighted by molar-refractivity contribution is -0.116. The Hall–Kier alpha value is -2.64. The first-order valence-electron chi connectivity index (χ1n) is 7.96. The van der Waals surface area contributed by atoms with Crippen LogP contribution in [0.15, 0.2) is 42.5 Å². The molecule has 0 unspecified atom stereocenters. The number of anilines is 1. The van der Waals surface area contributed by atoms with Crippen molar-refractivity contribution < 1.29 is 18.7 Å². The van der Waals surface area contributed by atoms with Gasteiger partial charge in [0.1, 0.15) is 16.4 Å². The van der Waals surface area contributed by atoms with Crippen molar-refractivity contribution in [1.29, 1.82) is 0 Å². The Morgan fingerprint density at radius 1 is 1.22 bits per heavy atom. The van der Waals surface area contributed by atoms with Crippen molar-refractivity contribution in [2.24, 2.45) is 0 Å². The van der Waals surface area contributed by atoms with E-state index in [-0.39, 0.29) is 22.4 Å². The molecule has 0 spiro atoms. The van der Waals surface area contributed by atoms with Crippen molar-refractivity contribution in [2.75, 3.05) is 26.0 Å². The fourth-order valence-corrected chi connectivity index (χ4v) is 4.04. The van der Waals surface area contributed by atoms with Gasteiger partial charge in [0.25, 0.3) is 5.91 Å². The highest BCUT2D eigenvalue weighted by Gasteiger charge is 2.22. The number of halogens is 2. The number of nitrogens with zero attached hydrogens (tertiary/aromatic N) is 1. The van der Waals surface area contributed by atoms with Gasteiger partial charge >= 0.3 is 0 Å². The maximum Gasteiger partial charge on any atom is 0.265 e. The smallest absolute Gasteiger partial charge is 0.265 e. The molecule has 0 atom stereocenters. The molecule has 0 saturated heterocycles. The maximum atomic E-state index is 13.4. The SMILES string of the molecule is COc1ccc(NC(=O)CN(C)C(=O)c2sc3cc(F)ccc3c2Cl)cc1. The first-order valence-corrected chi connectivity index (χ1v) is 9.15. The number of thiophene rings is 1. The molecule has 3 aromatic rings. The highest BCUT2D eigenvalue weighted by atomic mass is 35.5. The fraction of sp³-hybridized carbons (Fsp3) is 0.158. The lowest BCUT2D eigenvalue weighted by Gasteiger charge is -2.16. The molecule has 1 heterocycles. The van der Waals surface area contributed by atoms with Gasteiger partial charge < -0.3 is 15.0 Å². The lowest BCUT2D eigenvalue weighted by atomic mass is 10.2. The summed E-state index contributed by atoms with van der Waals surface area (Å²) in [5.41, 5.74) is 0.594. The van der Waals surface area contributed by atoms with E-state index >= 15 is 0 Å². The van der Waals surface area contributed by atoms with Gasteiger partial charge in [-0.25, -0.2) is 4.39 Å². The van der Waals surface area contributed by atoms with Crippen LogP contribution < -0.4 is 10.1 Å². The van der Waals surface area contributed by atoms with Crippen molar-refractivity contribution in [3.8, 4) is 5.75 Å². The third-order valence-electron chi connectivity index (χ3n) is 3.89. The number of amides is 2. The van der Waals surface area contributed by atoms with Gasteiger partial charge in [-0.3, -0.25) is 9.59 Å². The Morgan fingerprint density at radius 3 is 2.59 bits per heavy atom. The molecule has 2 aromatic carbocycles. The lowest BCUT2D eigenvalue weighted by Crippen LogP contribution is -2.34. The number of fused-ring (bicyclic) bond motifs is 1. The van der Waals surface area contributed by atoms with Crippen molar-refractivity contribution in [3.05, 3.63) is 58.2 Å². The van der Waals surface area contributed by atoms with E-state index in [9.17, 15) is 14.0 Å². The Balaban J connectivity index is 1.69. The van der Waals surface area contributed by atoms with E-state index in [2.05, 4.69) is 5.32 Å². The Kier molecular flexibility index (Phi) is 5.62. The highest BCUT2D eigenvalue weighted by Crippen LogP contribution is 2.36. The van der Waals surface area contributed by atoms with Gasteiger partial charge in [0.05, 0.1) is 18.7 Å². The van der Waals surface area contributed by atoms with Crippen LogP contribution in [-0.4, -0.2) is 37.4 Å². The standard InChI is InChI=1S/C19H16ClFN2O3S/c1-23(10-16(24)22-12-4-6-13(26-2)7-5-12)19(25)18-17(20)14-8-3-11(21)9-15(14)27-18/h3-9H,10H2,1-2H3,(H,22,24). The van der Waals surface area contributed by atoms with Crippen LogP contribution in [0, 0.1) is 5.82 Å². The Bertz CT molecular complexity index is 1000. The van der Waals surface area contributed by atoms with Crippen LogP contribution >= 0.6 is 22.9 Å². The summed E-state index contributed by atoms with van der Waals surface area (Å²) in [5, 5.41) is 3.59. The van der Waals surface area contributed by atoms with Gasteiger partial charge in [-0.2, -0.15) is 0 Å². The quantitative estimate of drug-likeness (QED) is 0.682. The molecule has 0 bridgehead atoms. The van der Waals surface area contributed by atoms with E-state index < -0.39 is 11.7 Å². The Labute approximate surface area is 164 Å². The minimum atomic E-state index is -0.397. The molecular weight excluding hydrogens is 391 g/mol. The van der Waals surface area contributed by atoms with Crippen molar-refractivity contribution in [1.82, 2.24) is 4.90 Å². The summed E-state index contributed by atoms with van der Waals surface area (Å²) in [6.45, 7) is -0.149. The summed E-state index contributed by atoms with van der Waals surface area (Å²) in [5.74, 6) is -0.464. The number of methoxy groups -OCH3 is 1. The summed E-state index contributed by atoms with van der Waals surface area (Å²) >= 11 is 7.37. The molecule has 27 heavy (non-hydrogen) atoms. The highest BCUT2D eigenvalue weighted by molar-refractivity contribution is 7.21. The van der Waals surface area contributed by atoms with Gasteiger partial charge in [-0.05, 0) is 42.5 Å². The van der Waals surface area contributed by atoms with Crippen LogP contribution in [0.2, 0.25) is 5.02 Å². The van der Waals surface area contributed by atoms with Gasteiger partial charge in [0.15, 0.2) is 0 Å². The number of likely N-dealkylation sites (N-methyl/N-ethyl adjacent to an activating group) is 1. The van der Waals surface area contributed by atoms with Crippen molar-refractivity contribution >= 4 is 50.5 Å². The second-order valence-electron chi connectivity index (χ2n) is 5.82. The second kappa shape index (κ2) is 7.94. The second-order valence-corrected chi connectivity index (χ2v) is 7.25. The predicted octanol–water partition coefficient (Wildman–Crippen LogP) is 4.41. The minimum absolute atomic E-state index is 0.149. The zero-order valence-electron chi connectivity index (χ0n) is 14.6. The molecule has 0 fully saturated rings. The number of rotatable bonds is 5. The van der Waals surface area contributed by atoms with Crippen LogP contribution in [0.3, 0.4) is 0 Å². The molecule has 5 nitrogen and oxygen atoms in total. The number of carbonyl (C=O) groups is 2. The van der Waals surface area contributed by atoms with E-state index in [1.165, 1.54) is 30.1 Å². The molecule has 1 aromatic heterocycles. The van der Waals surface area contributed by atoms with Crippen LogP contribution in [0.4, 0.5) is 10.1 Å². The molecule has 0 aliphatic carbocycles. The third-order valence-corrected chi connectivity index (χ3v) is 5.53. The van der Waals surface area contributed by atoms with E-state index in [0.29, 0.717) is 21.5 Å². The van der Waals surface area contributed by atoms with Crippen LogP contribution in [0.1, 0.15) is 9.67 Å². The molecule has 0 aliphatic heterocycles. The molecule has 8 heteroatoms.